The van der Waals surface area contributed by atoms with Gasteiger partial charge in [0.25, 0.3) is 5.91 Å². The summed E-state index contributed by atoms with van der Waals surface area (Å²) in [5.74, 6) is -1.29. The summed E-state index contributed by atoms with van der Waals surface area (Å²) < 4.78 is 48.7. The highest BCUT2D eigenvalue weighted by Crippen LogP contribution is 2.59. The van der Waals surface area contributed by atoms with Crippen molar-refractivity contribution < 1.29 is 32.6 Å². The number of alkyl halides is 2. The van der Waals surface area contributed by atoms with Gasteiger partial charge in [0.15, 0.2) is 0 Å². The van der Waals surface area contributed by atoms with Crippen LogP contribution in [0, 0.1) is 11.8 Å². The van der Waals surface area contributed by atoms with Gasteiger partial charge in [-0.1, -0.05) is 25.6 Å². The fourth-order valence-corrected chi connectivity index (χ4v) is 6.46. The molecule has 2 aliphatic carbocycles. The SMILES string of the molecule is C=C1N(Cc2cccc(OC(CC)CC(C)O)c2)C(=O)C2=CC(CC(CF)CF)=C(F)C3=C([C@H]23)N1C1CCN(C=O)CC1. The molecule has 10 heteroatoms. The highest BCUT2D eigenvalue weighted by molar-refractivity contribution is 6.00. The Morgan fingerprint density at radius 3 is 2.56 bits per heavy atom. The summed E-state index contributed by atoms with van der Waals surface area (Å²) in [6.07, 6.45) is 3.96. The minimum atomic E-state index is -0.978. The van der Waals surface area contributed by atoms with Crippen molar-refractivity contribution in [2.45, 2.75) is 70.7 Å². The standard InChI is InChI=1S/C33H40F3N3O4/c1-4-26(12-20(2)41)43-27-7-5-6-22(14-27)18-38-21(3)39(25-8-10-37(19-40)11-9-25)32-29-28(33(38)42)15-24(31(36)30(29)32)13-23(16-34)17-35/h5-7,14-15,19-20,23,25-26,29,41H,3-4,8-13,16-18H2,1-2H3/t20?,26?,29-/m1/s1. The zero-order valence-electron chi connectivity index (χ0n) is 24.8. The maximum Gasteiger partial charge on any atom is 0.256 e. The molecule has 232 valence electrons. The van der Waals surface area contributed by atoms with Gasteiger partial charge in [0.1, 0.15) is 23.5 Å². The zero-order valence-corrected chi connectivity index (χ0v) is 24.8. The van der Waals surface area contributed by atoms with E-state index in [9.17, 15) is 23.5 Å². The fourth-order valence-electron chi connectivity index (χ4n) is 6.46. The number of likely N-dealkylation sites (tertiary alicyclic amines) is 1. The number of ether oxygens (including phenoxy) is 1. The molecule has 0 spiro atoms. The predicted molar refractivity (Wildman–Crippen MR) is 156 cm³/mol. The first-order valence-corrected chi connectivity index (χ1v) is 15.1. The smallest absolute Gasteiger partial charge is 0.256 e. The number of piperidine rings is 1. The van der Waals surface area contributed by atoms with Crippen LogP contribution in [0.15, 0.2) is 71.0 Å². The maximum atomic E-state index is 15.8. The molecule has 2 unspecified atom stereocenters. The molecule has 0 radical (unpaired) electrons. The minimum Gasteiger partial charge on any atom is -0.490 e. The van der Waals surface area contributed by atoms with Gasteiger partial charge in [-0.15, -0.1) is 0 Å². The molecular formula is C33H40F3N3O4. The second kappa shape index (κ2) is 13.0. The van der Waals surface area contributed by atoms with Crippen LogP contribution in [0.4, 0.5) is 13.2 Å². The number of aliphatic hydroxyl groups is 1. The third-order valence-electron chi connectivity index (χ3n) is 8.81. The van der Waals surface area contributed by atoms with Gasteiger partial charge in [-0.05, 0) is 62.0 Å². The Labute approximate surface area is 251 Å². The van der Waals surface area contributed by atoms with E-state index in [1.807, 2.05) is 36.1 Å². The Morgan fingerprint density at radius 1 is 1.21 bits per heavy atom. The van der Waals surface area contributed by atoms with Crippen LogP contribution in [-0.2, 0) is 16.1 Å². The van der Waals surface area contributed by atoms with E-state index < -0.39 is 37.1 Å². The molecule has 1 aromatic carbocycles. The van der Waals surface area contributed by atoms with Gasteiger partial charge < -0.3 is 19.6 Å². The van der Waals surface area contributed by atoms with Crippen molar-refractivity contribution in [3.8, 4) is 5.75 Å². The maximum absolute atomic E-state index is 15.8. The van der Waals surface area contributed by atoms with E-state index in [0.29, 0.717) is 60.8 Å². The molecule has 5 rings (SSSR count). The summed E-state index contributed by atoms with van der Waals surface area (Å²) >= 11 is 0. The quantitative estimate of drug-likeness (QED) is 0.310. The van der Waals surface area contributed by atoms with Gasteiger partial charge in [0.2, 0.25) is 6.41 Å². The Bertz CT molecular complexity index is 1340. The van der Waals surface area contributed by atoms with Crippen LogP contribution in [0.25, 0.3) is 0 Å². The summed E-state index contributed by atoms with van der Waals surface area (Å²) in [5, 5.41) is 9.83. The first-order valence-electron chi connectivity index (χ1n) is 15.1. The third-order valence-corrected chi connectivity index (χ3v) is 8.81. The summed E-state index contributed by atoms with van der Waals surface area (Å²) in [7, 11) is 0. The lowest BCUT2D eigenvalue weighted by Crippen LogP contribution is -2.45. The lowest BCUT2D eigenvalue weighted by Gasteiger charge is -2.40. The number of hydrogen-bond donors (Lipinski definition) is 1. The summed E-state index contributed by atoms with van der Waals surface area (Å²) in [6.45, 7) is 7.45. The van der Waals surface area contributed by atoms with Crippen molar-refractivity contribution in [3.63, 3.8) is 0 Å². The van der Waals surface area contributed by atoms with E-state index in [0.717, 1.165) is 18.4 Å². The number of nitrogens with zero attached hydrogens (tertiary/aromatic N) is 3. The number of benzene rings is 1. The van der Waals surface area contributed by atoms with Crippen LogP contribution >= 0.6 is 0 Å². The van der Waals surface area contributed by atoms with Gasteiger partial charge in [-0.25, -0.2) is 4.39 Å². The third kappa shape index (κ3) is 6.25. The molecule has 3 atom stereocenters. The zero-order chi connectivity index (χ0) is 30.8. The van der Waals surface area contributed by atoms with Gasteiger partial charge in [0, 0.05) is 48.3 Å². The highest BCUT2D eigenvalue weighted by atomic mass is 19.1. The highest BCUT2D eigenvalue weighted by Gasteiger charge is 2.55. The monoisotopic (exact) mass is 599 g/mol. The van der Waals surface area contributed by atoms with Crippen molar-refractivity contribution in [2.24, 2.45) is 11.8 Å². The molecule has 0 bridgehead atoms. The van der Waals surface area contributed by atoms with Crippen LogP contribution in [0.1, 0.15) is 51.5 Å². The number of hydrogen-bond acceptors (Lipinski definition) is 5. The number of halogens is 3. The molecule has 0 saturated carbocycles. The van der Waals surface area contributed by atoms with Crippen LogP contribution in [0.5, 0.6) is 5.75 Å². The number of aliphatic hydroxyl groups excluding tert-OH is 1. The molecule has 2 amide bonds. The molecule has 7 nitrogen and oxygen atoms in total. The topological polar surface area (TPSA) is 73.3 Å². The molecule has 2 fully saturated rings. The molecule has 2 saturated heterocycles. The molecule has 1 N–H and O–H groups in total. The van der Waals surface area contributed by atoms with E-state index in [1.165, 1.54) is 6.08 Å². The van der Waals surface area contributed by atoms with Crippen LogP contribution in [-0.4, -0.2) is 76.8 Å². The Morgan fingerprint density at radius 2 is 1.93 bits per heavy atom. The second-order valence-corrected chi connectivity index (χ2v) is 12.0. The molecule has 2 heterocycles. The lowest BCUT2D eigenvalue weighted by atomic mass is 9.91. The van der Waals surface area contributed by atoms with Crippen molar-refractivity contribution in [3.05, 3.63) is 76.5 Å². The summed E-state index contributed by atoms with van der Waals surface area (Å²) in [4.78, 5) is 30.8. The van der Waals surface area contributed by atoms with Crippen LogP contribution in [0.2, 0.25) is 0 Å². The largest absolute Gasteiger partial charge is 0.490 e. The second-order valence-electron chi connectivity index (χ2n) is 12.0. The fraction of sp³-hybridized carbons (Fsp3) is 0.515. The number of amides is 2. The van der Waals surface area contributed by atoms with E-state index in [2.05, 4.69) is 6.58 Å². The van der Waals surface area contributed by atoms with E-state index >= 15 is 4.39 Å². The summed E-state index contributed by atoms with van der Waals surface area (Å²) in [6, 6.07) is 7.33. The molecular weight excluding hydrogens is 559 g/mol. The average Bonchev–Trinajstić information content (AvgIpc) is 3.75. The number of rotatable bonds is 13. The van der Waals surface area contributed by atoms with Crippen molar-refractivity contribution in [2.75, 3.05) is 26.4 Å². The van der Waals surface area contributed by atoms with Gasteiger partial charge in [-0.3, -0.25) is 23.3 Å². The first kappa shape index (κ1) is 30.9. The Kier molecular flexibility index (Phi) is 9.34. The van der Waals surface area contributed by atoms with Crippen molar-refractivity contribution >= 4 is 12.3 Å². The first-order chi connectivity index (χ1) is 20.7. The van der Waals surface area contributed by atoms with Crippen molar-refractivity contribution in [1.82, 2.24) is 14.7 Å². The van der Waals surface area contributed by atoms with E-state index in [-0.39, 0.29) is 36.6 Å². The van der Waals surface area contributed by atoms with E-state index in [4.69, 9.17) is 4.74 Å². The normalized spacial score (nSPS) is 22.1. The number of allylic oxidation sites excluding steroid dienone is 5. The molecule has 0 aromatic heterocycles. The molecule has 1 aromatic rings. The summed E-state index contributed by atoms with van der Waals surface area (Å²) in [5.41, 5.74) is 2.39. The van der Waals surface area contributed by atoms with E-state index in [1.54, 1.807) is 16.7 Å². The molecule has 43 heavy (non-hydrogen) atoms. The Balaban J connectivity index is 1.48. The number of carbonyl (C=O) groups is 2. The minimum absolute atomic E-state index is 0.104. The predicted octanol–water partition coefficient (Wildman–Crippen LogP) is 5.34. The van der Waals surface area contributed by atoms with Crippen molar-refractivity contribution in [1.29, 1.82) is 0 Å². The van der Waals surface area contributed by atoms with Gasteiger partial charge >= 0.3 is 0 Å². The van der Waals surface area contributed by atoms with Crippen LogP contribution in [0.3, 0.4) is 0 Å². The van der Waals surface area contributed by atoms with Gasteiger partial charge in [0.05, 0.1) is 31.9 Å². The molecule has 2 aliphatic heterocycles. The average molecular weight is 600 g/mol. The Hall–Kier alpha value is -3.53. The molecule has 4 aliphatic rings. The number of carbonyl (C=O) groups excluding carboxylic acids is 2. The van der Waals surface area contributed by atoms with Gasteiger partial charge in [-0.2, -0.15) is 0 Å². The lowest BCUT2D eigenvalue weighted by molar-refractivity contribution is -0.126. The van der Waals surface area contributed by atoms with Crippen LogP contribution < -0.4 is 4.74 Å².